The van der Waals surface area contributed by atoms with Gasteiger partial charge in [-0.1, -0.05) is 0 Å². The highest BCUT2D eigenvalue weighted by Crippen LogP contribution is 2.25. The number of hydrogen-bond donors (Lipinski definition) is 3. The van der Waals surface area contributed by atoms with Gasteiger partial charge in [-0.2, -0.15) is 0 Å². The third-order valence-electron chi connectivity index (χ3n) is 3.49. The van der Waals surface area contributed by atoms with Gasteiger partial charge in [0.1, 0.15) is 0 Å². The molecule has 2 atom stereocenters. The molecule has 1 aliphatic carbocycles. The van der Waals surface area contributed by atoms with E-state index in [0.29, 0.717) is 25.2 Å². The number of amides is 1. The molecule has 2 rings (SSSR count). The van der Waals surface area contributed by atoms with E-state index in [0.717, 1.165) is 19.5 Å². The highest BCUT2D eigenvalue weighted by atomic mass is 16.4. The highest BCUT2D eigenvalue weighted by Gasteiger charge is 2.31. The Balaban J connectivity index is 1.69. The number of nitrogens with one attached hydrogen (secondary N) is 2. The van der Waals surface area contributed by atoms with Gasteiger partial charge in [-0.15, -0.1) is 0 Å². The molecule has 2 fully saturated rings. The third-order valence-corrected chi connectivity index (χ3v) is 3.49. The second kappa shape index (κ2) is 4.82. The third kappa shape index (κ3) is 2.72. The molecular weight excluding hydrogens is 208 g/mol. The Labute approximate surface area is 94.6 Å². The lowest BCUT2D eigenvalue weighted by Gasteiger charge is -2.26. The number of aliphatic carboxylic acids is 1. The van der Waals surface area contributed by atoms with E-state index >= 15 is 0 Å². The Kier molecular flexibility index (Phi) is 3.43. The van der Waals surface area contributed by atoms with E-state index in [2.05, 4.69) is 10.6 Å². The molecule has 1 saturated heterocycles. The first-order valence-corrected chi connectivity index (χ1v) is 5.88. The summed E-state index contributed by atoms with van der Waals surface area (Å²) >= 11 is 0. The van der Waals surface area contributed by atoms with Crippen LogP contribution in [0.5, 0.6) is 0 Å². The van der Waals surface area contributed by atoms with Gasteiger partial charge < -0.3 is 15.7 Å². The van der Waals surface area contributed by atoms with E-state index in [1.165, 1.54) is 0 Å². The van der Waals surface area contributed by atoms with Crippen LogP contribution in [0, 0.1) is 11.8 Å². The Morgan fingerprint density at radius 2 is 2.06 bits per heavy atom. The van der Waals surface area contributed by atoms with Crippen LogP contribution in [0.3, 0.4) is 0 Å². The van der Waals surface area contributed by atoms with Crippen molar-refractivity contribution in [3.63, 3.8) is 0 Å². The zero-order valence-corrected chi connectivity index (χ0v) is 9.24. The second-order valence-electron chi connectivity index (χ2n) is 4.84. The number of carboxylic acid groups (broad SMARTS) is 1. The van der Waals surface area contributed by atoms with Crippen molar-refractivity contribution in [1.29, 1.82) is 0 Å². The lowest BCUT2D eigenvalue weighted by Crippen LogP contribution is -2.45. The Hall–Kier alpha value is -1.10. The van der Waals surface area contributed by atoms with Crippen LogP contribution in [-0.2, 0) is 9.59 Å². The molecule has 2 aliphatic rings. The topological polar surface area (TPSA) is 78.4 Å². The molecule has 0 spiro atoms. The van der Waals surface area contributed by atoms with Crippen LogP contribution in [0.25, 0.3) is 0 Å². The Morgan fingerprint density at radius 1 is 1.31 bits per heavy atom. The molecular formula is C11H18N2O3. The summed E-state index contributed by atoms with van der Waals surface area (Å²) in [6, 6.07) is 0.0710. The fraction of sp³-hybridized carbons (Fsp3) is 0.818. The van der Waals surface area contributed by atoms with E-state index in [1.54, 1.807) is 0 Å². The first-order chi connectivity index (χ1) is 7.65. The molecule has 5 heteroatoms. The van der Waals surface area contributed by atoms with E-state index in [1.807, 2.05) is 0 Å². The number of carbonyl (C=O) groups is 2. The van der Waals surface area contributed by atoms with Crippen LogP contribution in [0.15, 0.2) is 0 Å². The van der Waals surface area contributed by atoms with Crippen molar-refractivity contribution in [2.45, 2.75) is 31.7 Å². The maximum Gasteiger partial charge on any atom is 0.306 e. The van der Waals surface area contributed by atoms with E-state index < -0.39 is 5.97 Å². The average molecular weight is 226 g/mol. The smallest absolute Gasteiger partial charge is 0.306 e. The molecule has 2 unspecified atom stereocenters. The van der Waals surface area contributed by atoms with Crippen LogP contribution in [-0.4, -0.2) is 36.1 Å². The number of carbonyl (C=O) groups excluding carboxylic acids is 1. The Morgan fingerprint density at radius 3 is 2.56 bits per heavy atom. The molecule has 1 amide bonds. The van der Waals surface area contributed by atoms with Gasteiger partial charge in [0.05, 0.1) is 5.92 Å². The lowest BCUT2D eigenvalue weighted by molar-refractivity contribution is -0.141. The predicted octanol–water partition coefficient (Wildman–Crippen LogP) is -0.0346. The molecule has 0 radical (unpaired) electrons. The number of carboxylic acids is 1. The van der Waals surface area contributed by atoms with Crippen LogP contribution in [0.1, 0.15) is 25.7 Å². The summed E-state index contributed by atoms with van der Waals surface area (Å²) in [4.78, 5) is 22.3. The maximum absolute atomic E-state index is 11.6. The fourth-order valence-corrected chi connectivity index (χ4v) is 2.38. The van der Waals surface area contributed by atoms with Gasteiger partial charge in [0, 0.05) is 12.5 Å². The molecule has 16 heavy (non-hydrogen) atoms. The summed E-state index contributed by atoms with van der Waals surface area (Å²) in [5, 5.41) is 14.9. The fourth-order valence-electron chi connectivity index (χ4n) is 2.38. The van der Waals surface area contributed by atoms with E-state index in [-0.39, 0.29) is 17.9 Å². The molecule has 1 heterocycles. The summed E-state index contributed by atoms with van der Waals surface area (Å²) in [5.41, 5.74) is 0. The minimum atomic E-state index is -0.736. The number of hydrogen-bond acceptors (Lipinski definition) is 3. The second-order valence-corrected chi connectivity index (χ2v) is 4.84. The quantitative estimate of drug-likeness (QED) is 0.629. The van der Waals surface area contributed by atoms with Gasteiger partial charge in [0.15, 0.2) is 0 Å². The minimum Gasteiger partial charge on any atom is -0.481 e. The van der Waals surface area contributed by atoms with Gasteiger partial charge in [-0.3, -0.25) is 9.59 Å². The van der Waals surface area contributed by atoms with E-state index in [9.17, 15) is 9.59 Å². The van der Waals surface area contributed by atoms with Crippen molar-refractivity contribution in [3.8, 4) is 0 Å². The molecule has 0 aromatic carbocycles. The van der Waals surface area contributed by atoms with Crippen molar-refractivity contribution in [3.05, 3.63) is 0 Å². The average Bonchev–Trinajstić information content (AvgIpc) is 2.60. The highest BCUT2D eigenvalue weighted by molar-refractivity contribution is 5.77. The standard InChI is InChI=1S/C11H18N2O3/c14-10(3-7-5-12-6-7)13-9-2-1-8(4-9)11(15)16/h7-9,12H,1-6H2,(H,13,14)(H,15,16). The molecule has 3 N–H and O–H groups in total. The van der Waals surface area contributed by atoms with Crippen LogP contribution in [0.4, 0.5) is 0 Å². The molecule has 0 aromatic rings. The SMILES string of the molecule is O=C(CC1CNC1)NC1CCC(C(=O)O)C1. The normalized spacial score (nSPS) is 29.8. The minimum absolute atomic E-state index is 0.0710. The zero-order chi connectivity index (χ0) is 11.5. The summed E-state index contributed by atoms with van der Waals surface area (Å²) in [6.07, 6.45) is 2.64. The van der Waals surface area contributed by atoms with Crippen molar-refractivity contribution >= 4 is 11.9 Å². The zero-order valence-electron chi connectivity index (χ0n) is 9.24. The monoisotopic (exact) mass is 226 g/mol. The van der Waals surface area contributed by atoms with Crippen LogP contribution < -0.4 is 10.6 Å². The van der Waals surface area contributed by atoms with Gasteiger partial charge in [-0.05, 0) is 38.3 Å². The summed E-state index contributed by atoms with van der Waals surface area (Å²) < 4.78 is 0. The summed E-state index contributed by atoms with van der Waals surface area (Å²) in [5.74, 6) is -0.463. The van der Waals surface area contributed by atoms with Gasteiger partial charge in [0.2, 0.25) is 5.91 Å². The first-order valence-electron chi connectivity index (χ1n) is 5.88. The van der Waals surface area contributed by atoms with Crippen molar-refractivity contribution in [1.82, 2.24) is 10.6 Å². The molecule has 5 nitrogen and oxygen atoms in total. The van der Waals surface area contributed by atoms with Gasteiger partial charge in [0.25, 0.3) is 0 Å². The molecule has 0 aromatic heterocycles. The summed E-state index contributed by atoms with van der Waals surface area (Å²) in [7, 11) is 0. The van der Waals surface area contributed by atoms with Gasteiger partial charge in [-0.25, -0.2) is 0 Å². The maximum atomic E-state index is 11.6. The molecule has 1 aliphatic heterocycles. The van der Waals surface area contributed by atoms with Gasteiger partial charge >= 0.3 is 5.97 Å². The first kappa shape index (κ1) is 11.4. The lowest BCUT2D eigenvalue weighted by atomic mass is 9.99. The van der Waals surface area contributed by atoms with Crippen molar-refractivity contribution < 1.29 is 14.7 Å². The van der Waals surface area contributed by atoms with Crippen molar-refractivity contribution in [2.75, 3.05) is 13.1 Å². The van der Waals surface area contributed by atoms with Crippen LogP contribution in [0.2, 0.25) is 0 Å². The van der Waals surface area contributed by atoms with E-state index in [4.69, 9.17) is 5.11 Å². The largest absolute Gasteiger partial charge is 0.481 e. The Bertz CT molecular complexity index is 289. The molecule has 0 bridgehead atoms. The van der Waals surface area contributed by atoms with Crippen LogP contribution >= 0.6 is 0 Å². The molecule has 1 saturated carbocycles. The summed E-state index contributed by atoms with van der Waals surface area (Å²) in [6.45, 7) is 1.85. The number of rotatable bonds is 4. The predicted molar refractivity (Wildman–Crippen MR) is 57.9 cm³/mol. The van der Waals surface area contributed by atoms with Crippen molar-refractivity contribution in [2.24, 2.45) is 11.8 Å². The molecule has 90 valence electrons.